The minimum atomic E-state index is -4.96. The van der Waals surface area contributed by atoms with Gasteiger partial charge >= 0.3 is 0 Å². The summed E-state index contributed by atoms with van der Waals surface area (Å²) in [6.45, 7) is 6.07. The molecule has 0 aliphatic heterocycles. The van der Waals surface area contributed by atoms with Gasteiger partial charge in [-0.3, -0.25) is 8.98 Å². The van der Waals surface area contributed by atoms with Crippen LogP contribution in [0.3, 0.4) is 0 Å². The SMILES string of the molecule is C[C@H](CCC(=O)[O-])[C@H]1CC[C@H]2[C@@H]3C(=O)C[C@@H]4C[C@H](O)CC[C@]4(C)[C@H]3C[C@H](OS(=O)(=O)[O-])[C@]12C. The lowest BCUT2D eigenvalue weighted by molar-refractivity contribution is -0.306. The van der Waals surface area contributed by atoms with Gasteiger partial charge in [0.2, 0.25) is 10.4 Å². The maximum absolute atomic E-state index is 13.5. The van der Waals surface area contributed by atoms with Crippen molar-refractivity contribution in [3.8, 4) is 0 Å². The molecular weight excluding hydrogens is 448 g/mol. The maximum atomic E-state index is 13.5. The second kappa shape index (κ2) is 8.57. The first-order valence-corrected chi connectivity index (χ1v) is 13.7. The van der Waals surface area contributed by atoms with Crippen LogP contribution in [-0.4, -0.2) is 42.0 Å². The molecule has 1 N–H and O–H groups in total. The summed E-state index contributed by atoms with van der Waals surface area (Å²) in [6, 6.07) is 0. The van der Waals surface area contributed by atoms with Crippen LogP contribution in [-0.2, 0) is 24.2 Å². The average molecular weight is 485 g/mol. The molecule has 9 heteroatoms. The van der Waals surface area contributed by atoms with Gasteiger partial charge < -0.3 is 19.6 Å². The minimum absolute atomic E-state index is 0.0400. The largest absolute Gasteiger partial charge is 0.726 e. The van der Waals surface area contributed by atoms with Crippen LogP contribution in [0.4, 0.5) is 0 Å². The van der Waals surface area contributed by atoms with Gasteiger partial charge in [-0.2, -0.15) is 0 Å². The molecule has 0 aromatic carbocycles. The molecule has 188 valence electrons. The molecule has 33 heavy (non-hydrogen) atoms. The van der Waals surface area contributed by atoms with Crippen LogP contribution < -0.4 is 5.11 Å². The summed E-state index contributed by atoms with van der Waals surface area (Å²) in [5.41, 5.74) is -0.927. The Bertz CT molecular complexity index is 902. The van der Waals surface area contributed by atoms with E-state index in [1.165, 1.54) is 0 Å². The second-order valence-corrected chi connectivity index (χ2v) is 12.7. The number of carbonyl (C=O) groups excluding carboxylic acids is 2. The van der Waals surface area contributed by atoms with Crippen molar-refractivity contribution >= 4 is 22.2 Å². The van der Waals surface area contributed by atoms with E-state index in [-0.39, 0.29) is 53.1 Å². The van der Waals surface area contributed by atoms with Crippen LogP contribution in [0, 0.1) is 46.3 Å². The predicted molar refractivity (Wildman–Crippen MR) is 115 cm³/mol. The van der Waals surface area contributed by atoms with Crippen molar-refractivity contribution in [2.24, 2.45) is 46.3 Å². The van der Waals surface area contributed by atoms with E-state index < -0.39 is 34.0 Å². The number of carboxylic acid groups (broad SMARTS) is 1. The van der Waals surface area contributed by atoms with E-state index in [4.69, 9.17) is 4.18 Å². The maximum Gasteiger partial charge on any atom is 0.217 e. The first-order chi connectivity index (χ1) is 15.3. The lowest BCUT2D eigenvalue weighted by Crippen LogP contribution is -2.62. The lowest BCUT2D eigenvalue weighted by Gasteiger charge is -2.62. The normalized spacial score (nSPS) is 46.2. The van der Waals surface area contributed by atoms with E-state index in [2.05, 4.69) is 6.92 Å². The zero-order chi connectivity index (χ0) is 24.3. The first-order valence-electron chi connectivity index (χ1n) is 12.3. The van der Waals surface area contributed by atoms with Crippen molar-refractivity contribution < 1.29 is 37.0 Å². The smallest absolute Gasteiger partial charge is 0.217 e. The Morgan fingerprint density at radius 3 is 2.55 bits per heavy atom. The number of aliphatic hydroxyl groups is 1. The molecule has 0 amide bonds. The van der Waals surface area contributed by atoms with Gasteiger partial charge in [-0.1, -0.05) is 20.8 Å². The van der Waals surface area contributed by atoms with Crippen LogP contribution in [0.5, 0.6) is 0 Å². The van der Waals surface area contributed by atoms with Gasteiger partial charge in [0.25, 0.3) is 0 Å². The van der Waals surface area contributed by atoms with Gasteiger partial charge in [0, 0.05) is 23.7 Å². The third-order valence-electron chi connectivity index (χ3n) is 10.3. The molecule has 0 saturated heterocycles. The van der Waals surface area contributed by atoms with E-state index >= 15 is 0 Å². The summed E-state index contributed by atoms with van der Waals surface area (Å²) in [7, 11) is -4.96. The molecule has 0 spiro atoms. The summed E-state index contributed by atoms with van der Waals surface area (Å²) in [5.74, 6) is -1.43. The number of aliphatic carboxylic acids is 1. The summed E-state index contributed by atoms with van der Waals surface area (Å²) in [6.07, 6.45) is 3.24. The molecular formula is C24H36O8S-2. The van der Waals surface area contributed by atoms with Gasteiger partial charge in [0.15, 0.2) is 0 Å². The number of rotatable bonds is 6. The molecule has 4 saturated carbocycles. The van der Waals surface area contributed by atoms with Crippen LogP contribution in [0.25, 0.3) is 0 Å². The number of fused-ring (bicyclic) bond motifs is 5. The molecule has 0 bridgehead atoms. The highest BCUT2D eigenvalue weighted by atomic mass is 32.3. The van der Waals surface area contributed by atoms with Gasteiger partial charge in [0.1, 0.15) is 5.78 Å². The van der Waals surface area contributed by atoms with Crippen molar-refractivity contribution in [1.29, 1.82) is 0 Å². The first kappa shape index (κ1) is 25.1. The Labute approximate surface area is 196 Å². The third-order valence-corrected chi connectivity index (χ3v) is 10.8. The van der Waals surface area contributed by atoms with Crippen molar-refractivity contribution in [3.63, 3.8) is 0 Å². The predicted octanol–water partition coefficient (Wildman–Crippen LogP) is 1.81. The molecule has 4 aliphatic rings. The molecule has 4 fully saturated rings. The zero-order valence-electron chi connectivity index (χ0n) is 19.7. The topological polar surface area (TPSA) is 144 Å². The molecule has 0 heterocycles. The quantitative estimate of drug-likeness (QED) is 0.444. The number of carbonyl (C=O) groups is 2. The second-order valence-electron chi connectivity index (χ2n) is 11.7. The number of hydrogen-bond acceptors (Lipinski definition) is 8. The van der Waals surface area contributed by atoms with E-state index in [1.54, 1.807) is 0 Å². The van der Waals surface area contributed by atoms with E-state index in [1.807, 2.05) is 13.8 Å². The Hall–Kier alpha value is -1.03. The Kier molecular flexibility index (Phi) is 6.51. The van der Waals surface area contributed by atoms with E-state index in [9.17, 15) is 32.8 Å². The van der Waals surface area contributed by atoms with Crippen molar-refractivity contribution in [3.05, 3.63) is 0 Å². The van der Waals surface area contributed by atoms with Crippen LogP contribution >= 0.6 is 0 Å². The third kappa shape index (κ3) is 4.28. The lowest BCUT2D eigenvalue weighted by atomic mass is 9.43. The van der Waals surface area contributed by atoms with Gasteiger partial charge in [0.05, 0.1) is 12.2 Å². The number of aliphatic hydroxyl groups excluding tert-OH is 1. The highest BCUT2D eigenvalue weighted by Gasteiger charge is 2.66. The summed E-state index contributed by atoms with van der Waals surface area (Å²) < 4.78 is 40.6. The summed E-state index contributed by atoms with van der Waals surface area (Å²) in [5, 5.41) is 21.3. The molecule has 10 atom stereocenters. The van der Waals surface area contributed by atoms with Crippen LogP contribution in [0.1, 0.15) is 78.6 Å². The molecule has 0 aromatic rings. The van der Waals surface area contributed by atoms with Gasteiger partial charge in [-0.05, 0) is 86.4 Å². The molecule has 4 rings (SSSR count). The molecule has 0 unspecified atom stereocenters. The van der Waals surface area contributed by atoms with Crippen LogP contribution in [0.2, 0.25) is 0 Å². The average Bonchev–Trinajstić information content (AvgIpc) is 3.05. The van der Waals surface area contributed by atoms with E-state index in [0.29, 0.717) is 32.1 Å². The highest BCUT2D eigenvalue weighted by molar-refractivity contribution is 7.80. The molecule has 0 radical (unpaired) electrons. The number of ketones is 1. The Morgan fingerprint density at radius 2 is 1.91 bits per heavy atom. The minimum Gasteiger partial charge on any atom is -0.726 e. The van der Waals surface area contributed by atoms with E-state index in [0.717, 1.165) is 19.3 Å². The summed E-state index contributed by atoms with van der Waals surface area (Å²) >= 11 is 0. The van der Waals surface area contributed by atoms with Crippen molar-refractivity contribution in [2.45, 2.75) is 90.8 Å². The number of carboxylic acids is 1. The molecule has 8 nitrogen and oxygen atoms in total. The molecule has 0 aromatic heterocycles. The standard InChI is InChI=1S/C24H38O8S/c1-13(4-7-21(27)28)16-5-6-17-22-18(12-20(24(16,17)3)32-33(29,30)31)23(2)9-8-15(25)10-14(23)11-19(22)26/h13-18,20,22,25H,4-12H2,1-3H3,(H,27,28)(H,29,30,31)/p-2/t13-,14+,15-,16-,17+,18+,20+,22+,23+,24-/m1/s1. The molecule has 4 aliphatic carbocycles. The zero-order valence-corrected chi connectivity index (χ0v) is 20.5. The van der Waals surface area contributed by atoms with Crippen LogP contribution in [0.15, 0.2) is 0 Å². The highest BCUT2D eigenvalue weighted by Crippen LogP contribution is 2.68. The Balaban J connectivity index is 1.72. The number of Topliss-reactive ketones (excluding diaryl/α,β-unsaturated/α-hetero) is 1. The number of hydrogen-bond donors (Lipinski definition) is 1. The Morgan fingerprint density at radius 1 is 1.21 bits per heavy atom. The van der Waals surface area contributed by atoms with Crippen molar-refractivity contribution in [2.75, 3.05) is 0 Å². The fraction of sp³-hybridized carbons (Fsp3) is 0.917. The fourth-order valence-electron chi connectivity index (χ4n) is 8.65. The summed E-state index contributed by atoms with van der Waals surface area (Å²) in [4.78, 5) is 24.5. The van der Waals surface area contributed by atoms with Gasteiger partial charge in [-0.25, -0.2) is 8.42 Å². The monoisotopic (exact) mass is 484 g/mol. The fourth-order valence-corrected chi connectivity index (χ4v) is 9.22. The van der Waals surface area contributed by atoms with Crippen molar-refractivity contribution in [1.82, 2.24) is 0 Å². The van der Waals surface area contributed by atoms with Gasteiger partial charge in [-0.15, -0.1) is 0 Å².